The van der Waals surface area contributed by atoms with Crippen LogP contribution in [-0.2, 0) is 20.9 Å². The first-order valence-electron chi connectivity index (χ1n) is 14.3. The Hall–Kier alpha value is -2.99. The largest absolute Gasteiger partial charge is 0.481 e. The predicted molar refractivity (Wildman–Crippen MR) is 164 cm³/mol. The van der Waals surface area contributed by atoms with Crippen molar-refractivity contribution in [1.82, 2.24) is 10.2 Å². The number of aliphatic carboxylic acids is 1. The Morgan fingerprint density at radius 1 is 1.00 bits per heavy atom. The lowest BCUT2D eigenvalue weighted by molar-refractivity contribution is -0.140. The lowest BCUT2D eigenvalue weighted by atomic mass is 9.93. The molecule has 0 aromatic heterocycles. The first-order chi connectivity index (χ1) is 18.4. The summed E-state index contributed by atoms with van der Waals surface area (Å²) in [7, 11) is 0. The molecule has 1 unspecified atom stereocenters. The summed E-state index contributed by atoms with van der Waals surface area (Å²) < 4.78 is 0. The molecule has 2 atom stereocenters. The number of likely N-dealkylation sites (tertiary alicyclic amines) is 1. The highest BCUT2D eigenvalue weighted by Gasteiger charge is 2.28. The molecule has 39 heavy (non-hydrogen) atoms. The fraction of sp³-hybridized carbons (Fsp3) is 0.545. The minimum absolute atomic E-state index is 0. The second-order valence-electron chi connectivity index (χ2n) is 10.6. The quantitative estimate of drug-likeness (QED) is 0.320. The first kappa shape index (κ1) is 36.0. The lowest BCUT2D eigenvalue weighted by Gasteiger charge is -2.19. The normalized spacial score (nSPS) is 15.1. The van der Waals surface area contributed by atoms with Crippen molar-refractivity contribution in [3.8, 4) is 0 Å². The van der Waals surface area contributed by atoms with E-state index in [9.17, 15) is 9.59 Å². The number of ketones is 1. The van der Waals surface area contributed by atoms with Crippen LogP contribution in [0.3, 0.4) is 0 Å². The minimum Gasteiger partial charge on any atom is -0.481 e. The van der Waals surface area contributed by atoms with Crippen molar-refractivity contribution in [3.05, 3.63) is 71.8 Å². The zero-order valence-corrected chi connectivity index (χ0v) is 25.5. The van der Waals surface area contributed by atoms with Crippen LogP contribution in [0.4, 0.5) is 0 Å². The highest BCUT2D eigenvalue weighted by molar-refractivity contribution is 6.36. The van der Waals surface area contributed by atoms with E-state index in [2.05, 4.69) is 61.3 Å². The second-order valence-corrected chi connectivity index (χ2v) is 10.6. The monoisotopic (exact) mass is 542 g/mol. The third-order valence-corrected chi connectivity index (χ3v) is 6.31. The molecule has 1 heterocycles. The van der Waals surface area contributed by atoms with Gasteiger partial charge in [0.15, 0.2) is 0 Å². The Labute approximate surface area is 238 Å². The van der Waals surface area contributed by atoms with Crippen LogP contribution in [0.15, 0.2) is 60.7 Å². The molecule has 1 fully saturated rings. The van der Waals surface area contributed by atoms with E-state index in [4.69, 9.17) is 9.90 Å². The molecule has 6 nitrogen and oxygen atoms in total. The van der Waals surface area contributed by atoms with Crippen LogP contribution in [0.1, 0.15) is 99.7 Å². The van der Waals surface area contributed by atoms with Gasteiger partial charge < -0.3 is 10.4 Å². The second kappa shape index (κ2) is 20.0. The molecule has 3 rings (SSSR count). The summed E-state index contributed by atoms with van der Waals surface area (Å²) in [5.74, 6) is -1.81. The number of carboxylic acid groups (broad SMARTS) is 1. The van der Waals surface area contributed by atoms with Gasteiger partial charge in [0.2, 0.25) is 5.78 Å². The van der Waals surface area contributed by atoms with Crippen LogP contribution in [-0.4, -0.2) is 40.8 Å². The summed E-state index contributed by atoms with van der Waals surface area (Å²) in [4.78, 5) is 35.3. The summed E-state index contributed by atoms with van der Waals surface area (Å²) in [5.41, 5.74) is 2.96. The number of carbonyl (C=O) groups is 3. The number of amides is 1. The van der Waals surface area contributed by atoms with Gasteiger partial charge in [0, 0.05) is 27.4 Å². The Balaban J connectivity index is 0. The van der Waals surface area contributed by atoms with Gasteiger partial charge in [-0.15, -0.1) is 0 Å². The van der Waals surface area contributed by atoms with E-state index in [1.807, 2.05) is 58.0 Å². The number of unbranched alkanes of at least 4 members (excludes halogenated alkanes) is 1. The van der Waals surface area contributed by atoms with Gasteiger partial charge in [-0.2, -0.15) is 0 Å². The highest BCUT2D eigenvalue weighted by atomic mass is 16.4. The third-order valence-electron chi connectivity index (χ3n) is 6.31. The smallest absolute Gasteiger partial charge is 0.300 e. The van der Waals surface area contributed by atoms with Gasteiger partial charge in [-0.25, -0.2) is 0 Å². The Morgan fingerprint density at radius 3 is 1.97 bits per heavy atom. The number of carboxylic acids is 1. The number of nitrogens with zero attached hydrogens (tertiary/aromatic N) is 1. The number of Topliss-reactive ketones (excluding diaryl/α,β-unsaturated/α-hetero) is 1. The Kier molecular flexibility index (Phi) is 18.5. The summed E-state index contributed by atoms with van der Waals surface area (Å²) in [6.45, 7) is 19.2. The molecule has 0 bridgehead atoms. The molecule has 2 N–H and O–H groups in total. The molecule has 1 aliphatic rings. The number of nitrogens with one attached hydrogen (secondary N) is 1. The Morgan fingerprint density at radius 2 is 1.51 bits per heavy atom. The van der Waals surface area contributed by atoms with Crippen molar-refractivity contribution in [1.29, 1.82) is 0 Å². The van der Waals surface area contributed by atoms with E-state index >= 15 is 0 Å². The van der Waals surface area contributed by atoms with E-state index in [0.717, 1.165) is 38.3 Å². The number of hydrogen-bond acceptors (Lipinski definition) is 4. The lowest BCUT2D eigenvalue weighted by Crippen LogP contribution is -2.36. The average Bonchev–Trinajstić information content (AvgIpc) is 3.26. The van der Waals surface area contributed by atoms with Gasteiger partial charge in [-0.3, -0.25) is 19.3 Å². The van der Waals surface area contributed by atoms with E-state index in [0.29, 0.717) is 5.41 Å². The molecular weight excluding hydrogens is 488 g/mol. The van der Waals surface area contributed by atoms with Crippen LogP contribution in [0.5, 0.6) is 0 Å². The molecule has 1 saturated heterocycles. The molecule has 0 aliphatic carbocycles. The maximum atomic E-state index is 11.9. The summed E-state index contributed by atoms with van der Waals surface area (Å²) in [6, 6.07) is 20.3. The van der Waals surface area contributed by atoms with Crippen LogP contribution in [0.25, 0.3) is 0 Å². The van der Waals surface area contributed by atoms with Crippen LogP contribution < -0.4 is 5.32 Å². The number of benzene rings is 2. The zero-order valence-electron chi connectivity index (χ0n) is 25.5. The number of rotatable bonds is 9. The molecule has 6 heteroatoms. The molecule has 2 aromatic carbocycles. The number of carbonyl (C=O) groups excluding carboxylic acids is 2. The fourth-order valence-electron chi connectivity index (χ4n) is 4.16. The topological polar surface area (TPSA) is 86.7 Å². The standard InChI is InChI=1S/C16H23NO2.C13H19N.C2H4O2.C2H6.H2/c1-4-5-9-12(2)15(18)16(19)17-13(3)14-10-7-6-8-11-14;1-13(2)8-9-14(11-13)10-12-6-4-3-5-7-12;1-2(3)4;1-2;/h6-8,10-13H,4-5,9H2,1-3H3,(H,17,19);3-7H,8-11H2,1-2H3;1H3,(H,3,4);1-2H3;1H/t12?,13-;;;;/m1..../s1. The third kappa shape index (κ3) is 16.6. The van der Waals surface area contributed by atoms with Crippen molar-refractivity contribution in [3.63, 3.8) is 0 Å². The van der Waals surface area contributed by atoms with Crippen molar-refractivity contribution in [2.75, 3.05) is 13.1 Å². The van der Waals surface area contributed by atoms with Gasteiger partial charge in [0.05, 0.1) is 6.04 Å². The maximum Gasteiger partial charge on any atom is 0.300 e. The average molecular weight is 543 g/mol. The van der Waals surface area contributed by atoms with Crippen molar-refractivity contribution < 1.29 is 20.9 Å². The van der Waals surface area contributed by atoms with Gasteiger partial charge in [-0.1, -0.05) is 115 Å². The number of hydrogen-bond donors (Lipinski definition) is 2. The SMILES string of the molecule is CC.CC(=O)O.CC1(C)CCN(Cc2ccccc2)C1.CCCCC(C)C(=O)C(=O)N[C@H](C)c1ccccc1.[HH]. The summed E-state index contributed by atoms with van der Waals surface area (Å²) in [5, 5.41) is 10.2. The van der Waals surface area contributed by atoms with Crippen LogP contribution in [0, 0.1) is 11.3 Å². The molecule has 2 aromatic rings. The molecule has 220 valence electrons. The zero-order chi connectivity index (χ0) is 29.8. The van der Waals surface area contributed by atoms with Crippen LogP contribution >= 0.6 is 0 Å². The fourth-order valence-corrected chi connectivity index (χ4v) is 4.16. The van der Waals surface area contributed by atoms with E-state index in [1.54, 1.807) is 0 Å². The highest BCUT2D eigenvalue weighted by Crippen LogP contribution is 2.29. The van der Waals surface area contributed by atoms with E-state index in [1.165, 1.54) is 25.1 Å². The Bertz CT molecular complexity index is 947. The minimum atomic E-state index is -0.833. The van der Waals surface area contributed by atoms with Gasteiger partial charge in [-0.05, 0) is 42.9 Å². The molecule has 0 saturated carbocycles. The summed E-state index contributed by atoms with van der Waals surface area (Å²) >= 11 is 0. The van der Waals surface area contributed by atoms with Crippen molar-refractivity contribution >= 4 is 17.7 Å². The van der Waals surface area contributed by atoms with E-state index < -0.39 is 11.9 Å². The molecular formula is C33H54N2O4. The van der Waals surface area contributed by atoms with E-state index in [-0.39, 0.29) is 19.2 Å². The van der Waals surface area contributed by atoms with Crippen molar-refractivity contribution in [2.24, 2.45) is 11.3 Å². The van der Waals surface area contributed by atoms with Gasteiger partial charge in [0.25, 0.3) is 11.9 Å². The summed E-state index contributed by atoms with van der Waals surface area (Å²) in [6.07, 6.45) is 4.14. The first-order valence-corrected chi connectivity index (χ1v) is 14.3. The van der Waals surface area contributed by atoms with Gasteiger partial charge >= 0.3 is 0 Å². The van der Waals surface area contributed by atoms with Gasteiger partial charge in [0.1, 0.15) is 0 Å². The molecule has 1 aliphatic heterocycles. The predicted octanol–water partition coefficient (Wildman–Crippen LogP) is 7.54. The van der Waals surface area contributed by atoms with Crippen LogP contribution in [0.2, 0.25) is 0 Å². The molecule has 1 amide bonds. The molecule has 0 spiro atoms. The maximum absolute atomic E-state index is 11.9. The molecule has 0 radical (unpaired) electrons. The van der Waals surface area contributed by atoms with Crippen molar-refractivity contribution in [2.45, 2.75) is 93.7 Å².